The number of ketones is 1. The van der Waals surface area contributed by atoms with Crippen molar-refractivity contribution in [3.8, 4) is 0 Å². The Bertz CT molecular complexity index is 193. The lowest BCUT2D eigenvalue weighted by Crippen LogP contribution is -2.28. The Kier molecular flexibility index (Phi) is 11.1. The molecule has 0 atom stereocenters. The molecule has 5 heteroatoms. The zero-order valence-corrected chi connectivity index (χ0v) is 10.4. The fraction of sp³-hybridized carbons (Fsp3) is 0.800. The summed E-state index contributed by atoms with van der Waals surface area (Å²) in [6.45, 7) is 8.49. The maximum atomic E-state index is 11.0. The van der Waals surface area contributed by atoms with E-state index in [4.69, 9.17) is 4.74 Å². The molecule has 0 amide bonds. The van der Waals surface area contributed by atoms with Gasteiger partial charge >= 0.3 is 5.97 Å². The molecule has 15 heavy (non-hydrogen) atoms. The summed E-state index contributed by atoms with van der Waals surface area (Å²) < 4.78 is 4.89. The first-order valence-corrected chi connectivity index (χ1v) is 4.97. The number of likely N-dealkylation sites (N-methyl/N-ethyl adjacent to an activating group) is 1. The second-order valence-electron chi connectivity index (χ2n) is 3.13. The van der Waals surface area contributed by atoms with Crippen molar-refractivity contribution in [1.29, 1.82) is 0 Å². The lowest BCUT2D eigenvalue weighted by atomic mass is 10.3. The molecular weight excluding hydrogens is 218 g/mol. The van der Waals surface area contributed by atoms with Gasteiger partial charge in [-0.05, 0) is 20.0 Å². The van der Waals surface area contributed by atoms with E-state index < -0.39 is 5.97 Å². The van der Waals surface area contributed by atoms with Gasteiger partial charge in [-0.1, -0.05) is 13.8 Å². The van der Waals surface area contributed by atoms with Gasteiger partial charge < -0.3 is 9.64 Å². The van der Waals surface area contributed by atoms with Crippen molar-refractivity contribution in [1.82, 2.24) is 4.90 Å². The summed E-state index contributed by atoms with van der Waals surface area (Å²) in [5, 5.41) is 0. The van der Waals surface area contributed by atoms with Crippen LogP contribution in [0.25, 0.3) is 0 Å². The van der Waals surface area contributed by atoms with Gasteiger partial charge in [0.15, 0.2) is 0 Å². The average Bonchev–Trinajstić information content (AvgIpc) is 2.11. The minimum Gasteiger partial charge on any atom is -0.464 e. The van der Waals surface area contributed by atoms with E-state index in [0.717, 1.165) is 19.6 Å². The van der Waals surface area contributed by atoms with Crippen molar-refractivity contribution in [3.63, 3.8) is 0 Å². The van der Waals surface area contributed by atoms with E-state index in [0.29, 0.717) is 6.61 Å². The smallest absolute Gasteiger partial charge is 0.313 e. The number of hydrogen-bond acceptors (Lipinski definition) is 4. The molecule has 0 unspecified atom stereocenters. The molecule has 0 aromatic heterocycles. The Morgan fingerprint density at radius 1 is 1.20 bits per heavy atom. The van der Waals surface area contributed by atoms with Crippen molar-refractivity contribution in [3.05, 3.63) is 0 Å². The number of esters is 1. The van der Waals surface area contributed by atoms with Crippen LogP contribution in [0.2, 0.25) is 0 Å². The Morgan fingerprint density at radius 2 is 1.73 bits per heavy atom. The maximum Gasteiger partial charge on any atom is 0.313 e. The number of ether oxygens (including phenoxy) is 1. The first-order chi connectivity index (χ1) is 6.60. The summed E-state index contributed by atoms with van der Waals surface area (Å²) >= 11 is 0. The molecule has 0 rings (SSSR count). The normalized spacial score (nSPS) is 9.60. The Balaban J connectivity index is 0. The van der Waals surface area contributed by atoms with E-state index >= 15 is 0 Å². The molecule has 0 heterocycles. The number of hydrogen-bond donors (Lipinski definition) is 0. The highest BCUT2D eigenvalue weighted by atomic mass is 35.5. The van der Waals surface area contributed by atoms with Gasteiger partial charge in [-0.2, -0.15) is 0 Å². The second kappa shape index (κ2) is 9.93. The van der Waals surface area contributed by atoms with E-state index in [1.54, 1.807) is 0 Å². The summed E-state index contributed by atoms with van der Waals surface area (Å²) in [7, 11) is 0. The molecule has 0 aromatic carbocycles. The molecule has 0 aliphatic carbocycles. The van der Waals surface area contributed by atoms with Crippen LogP contribution in [-0.2, 0) is 14.3 Å². The van der Waals surface area contributed by atoms with Gasteiger partial charge in [0.05, 0.1) is 0 Å². The number of carbonyl (C=O) groups excluding carboxylic acids is 2. The molecule has 90 valence electrons. The molecule has 0 N–H and O–H groups in total. The number of Topliss-reactive ketones (excluding diaryl/α,β-unsaturated/α-hetero) is 1. The van der Waals surface area contributed by atoms with Crippen LogP contribution in [0.3, 0.4) is 0 Å². The molecule has 4 nitrogen and oxygen atoms in total. The summed E-state index contributed by atoms with van der Waals surface area (Å²) in [4.78, 5) is 23.7. The molecule has 0 aliphatic rings. The second-order valence-corrected chi connectivity index (χ2v) is 3.13. The standard InChI is InChI=1S/C10H19NO3.ClH/c1-4-11(5-2)6-7-14-10(13)8-9(3)12;/h4-8H2,1-3H3;1H. The zero-order valence-electron chi connectivity index (χ0n) is 9.62. The Labute approximate surface area is 97.4 Å². The molecule has 0 saturated carbocycles. The zero-order chi connectivity index (χ0) is 11.0. The third-order valence-corrected chi connectivity index (χ3v) is 1.96. The van der Waals surface area contributed by atoms with E-state index in [9.17, 15) is 9.59 Å². The minimum absolute atomic E-state index is 0. The van der Waals surface area contributed by atoms with Gasteiger partial charge in [0.25, 0.3) is 0 Å². The molecular formula is C10H20ClNO3. The highest BCUT2D eigenvalue weighted by Crippen LogP contribution is 1.91. The fourth-order valence-electron chi connectivity index (χ4n) is 1.08. The number of nitrogens with zero attached hydrogens (tertiary/aromatic N) is 1. The largest absolute Gasteiger partial charge is 0.464 e. The molecule has 0 saturated heterocycles. The number of halogens is 1. The monoisotopic (exact) mass is 237 g/mol. The molecule has 0 fully saturated rings. The van der Waals surface area contributed by atoms with Gasteiger partial charge in [0.1, 0.15) is 18.8 Å². The third kappa shape index (κ3) is 9.69. The van der Waals surface area contributed by atoms with Crippen molar-refractivity contribution in [2.75, 3.05) is 26.2 Å². The lowest BCUT2D eigenvalue weighted by molar-refractivity contribution is -0.146. The van der Waals surface area contributed by atoms with Crippen LogP contribution in [-0.4, -0.2) is 42.9 Å². The first kappa shape index (κ1) is 16.8. The highest BCUT2D eigenvalue weighted by molar-refractivity contribution is 5.94. The van der Waals surface area contributed by atoms with Crippen LogP contribution in [0.15, 0.2) is 0 Å². The van der Waals surface area contributed by atoms with Crippen LogP contribution in [0.4, 0.5) is 0 Å². The molecule has 0 bridgehead atoms. The third-order valence-electron chi connectivity index (χ3n) is 1.96. The summed E-state index contributed by atoms with van der Waals surface area (Å²) in [6.07, 6.45) is -0.113. The fourth-order valence-corrected chi connectivity index (χ4v) is 1.08. The van der Waals surface area contributed by atoms with Crippen molar-refractivity contribution >= 4 is 24.2 Å². The van der Waals surface area contributed by atoms with Gasteiger partial charge in [-0.3, -0.25) is 9.59 Å². The predicted molar refractivity (Wildman–Crippen MR) is 61.3 cm³/mol. The summed E-state index contributed by atoms with van der Waals surface area (Å²) in [6, 6.07) is 0. The van der Waals surface area contributed by atoms with Gasteiger partial charge in [-0.15, -0.1) is 12.4 Å². The van der Waals surface area contributed by atoms with Gasteiger partial charge in [-0.25, -0.2) is 0 Å². The van der Waals surface area contributed by atoms with Crippen LogP contribution >= 0.6 is 12.4 Å². The highest BCUT2D eigenvalue weighted by Gasteiger charge is 2.06. The number of carbonyl (C=O) groups is 2. The topological polar surface area (TPSA) is 46.6 Å². The van der Waals surface area contributed by atoms with Crippen molar-refractivity contribution < 1.29 is 14.3 Å². The SMILES string of the molecule is CCN(CC)CCOC(=O)CC(C)=O.Cl. The minimum atomic E-state index is -0.426. The van der Waals surface area contributed by atoms with E-state index in [1.165, 1.54) is 6.92 Å². The number of rotatable bonds is 7. The Hall–Kier alpha value is -0.610. The van der Waals surface area contributed by atoms with Gasteiger partial charge in [0.2, 0.25) is 0 Å². The van der Waals surface area contributed by atoms with Crippen molar-refractivity contribution in [2.24, 2.45) is 0 Å². The first-order valence-electron chi connectivity index (χ1n) is 4.97. The summed E-state index contributed by atoms with van der Waals surface area (Å²) in [5.41, 5.74) is 0. The van der Waals surface area contributed by atoms with Crippen LogP contribution in [0.1, 0.15) is 27.2 Å². The van der Waals surface area contributed by atoms with Crippen LogP contribution in [0.5, 0.6) is 0 Å². The summed E-state index contributed by atoms with van der Waals surface area (Å²) in [5.74, 6) is -0.581. The molecule has 0 aliphatic heterocycles. The Morgan fingerprint density at radius 3 is 2.13 bits per heavy atom. The lowest BCUT2D eigenvalue weighted by Gasteiger charge is -2.17. The average molecular weight is 238 g/mol. The maximum absolute atomic E-state index is 11.0. The molecule has 0 spiro atoms. The van der Waals surface area contributed by atoms with E-state index in [1.807, 2.05) is 0 Å². The quantitative estimate of drug-likeness (QED) is 0.494. The van der Waals surface area contributed by atoms with Crippen LogP contribution in [0, 0.1) is 0 Å². The van der Waals surface area contributed by atoms with E-state index in [2.05, 4.69) is 18.7 Å². The molecule has 0 radical (unpaired) electrons. The predicted octanol–water partition coefficient (Wildman–Crippen LogP) is 1.27. The van der Waals surface area contributed by atoms with Crippen LogP contribution < -0.4 is 0 Å². The van der Waals surface area contributed by atoms with Gasteiger partial charge in [0, 0.05) is 6.54 Å². The van der Waals surface area contributed by atoms with E-state index in [-0.39, 0.29) is 24.6 Å². The van der Waals surface area contributed by atoms with Crippen molar-refractivity contribution in [2.45, 2.75) is 27.2 Å². The molecule has 0 aromatic rings.